The Morgan fingerprint density at radius 2 is 2.08 bits per heavy atom. The first kappa shape index (κ1) is 17.0. The summed E-state index contributed by atoms with van der Waals surface area (Å²) in [5, 5.41) is 15.9. The second kappa shape index (κ2) is 6.96. The molecule has 1 saturated heterocycles. The fraction of sp³-hybridized carbons (Fsp3) is 0.500. The van der Waals surface area contributed by atoms with Crippen molar-refractivity contribution in [3.63, 3.8) is 0 Å². The smallest absolute Gasteiger partial charge is 0.414 e. The number of nitrogens with zero attached hydrogens (tertiary/aromatic N) is 4. The summed E-state index contributed by atoms with van der Waals surface area (Å²) in [6.45, 7) is 5.87. The molecule has 1 aliphatic heterocycles. The van der Waals surface area contributed by atoms with Crippen LogP contribution >= 0.6 is 0 Å². The molecule has 1 aliphatic rings. The molecule has 1 amide bonds. The molecule has 9 heteroatoms. The van der Waals surface area contributed by atoms with E-state index in [1.165, 1.54) is 10.6 Å². The third kappa shape index (κ3) is 3.49. The van der Waals surface area contributed by atoms with E-state index in [0.717, 1.165) is 31.6 Å². The molecule has 0 unspecified atom stereocenters. The molecule has 0 spiro atoms. The zero-order chi connectivity index (χ0) is 18.0. The molecule has 9 nitrogen and oxygen atoms in total. The van der Waals surface area contributed by atoms with Crippen molar-refractivity contribution in [3.05, 3.63) is 17.8 Å². The first-order chi connectivity index (χ1) is 12.0. The normalized spacial score (nSPS) is 15.4. The number of nitrogens with one attached hydrogen (secondary N) is 1. The minimum atomic E-state index is -1.11. The number of hydrogen-bond acceptors (Lipinski definition) is 6. The molecule has 25 heavy (non-hydrogen) atoms. The molecular formula is C16H21N5O4. The number of piperidine rings is 1. The Kier molecular flexibility index (Phi) is 4.73. The maximum Gasteiger partial charge on any atom is 0.414 e. The number of carboxylic acid groups (broad SMARTS) is 1. The van der Waals surface area contributed by atoms with E-state index in [0.29, 0.717) is 11.6 Å². The summed E-state index contributed by atoms with van der Waals surface area (Å²) in [5.41, 5.74) is 1.19. The number of rotatable bonds is 4. The number of carboxylic acids is 1. The van der Waals surface area contributed by atoms with Crippen LogP contribution in [0.5, 0.6) is 0 Å². The highest BCUT2D eigenvalue weighted by molar-refractivity contribution is 5.89. The Hall–Kier alpha value is -2.84. The molecular weight excluding hydrogens is 326 g/mol. The van der Waals surface area contributed by atoms with E-state index in [2.05, 4.69) is 27.2 Å². The highest BCUT2D eigenvalue weighted by Gasteiger charge is 2.23. The number of pyridine rings is 1. The number of amides is 1. The lowest BCUT2D eigenvalue weighted by atomic mass is 9.99. The highest BCUT2D eigenvalue weighted by atomic mass is 16.5. The largest absolute Gasteiger partial charge is 0.477 e. The maximum atomic E-state index is 11.6. The van der Waals surface area contributed by atoms with Crippen LogP contribution in [0.1, 0.15) is 37.2 Å². The lowest BCUT2D eigenvalue weighted by molar-refractivity contribution is 0.0687. The van der Waals surface area contributed by atoms with E-state index in [1.807, 2.05) is 0 Å². The molecule has 0 bridgehead atoms. The maximum absolute atomic E-state index is 11.6. The zero-order valence-electron chi connectivity index (χ0n) is 14.2. The number of ether oxygens (including phenoxy) is 1. The average Bonchev–Trinajstić information content (AvgIpc) is 2.98. The van der Waals surface area contributed by atoms with Crippen molar-refractivity contribution in [3.8, 4) is 0 Å². The Morgan fingerprint density at radius 3 is 2.72 bits per heavy atom. The van der Waals surface area contributed by atoms with Gasteiger partial charge < -0.3 is 14.7 Å². The lowest BCUT2D eigenvalue weighted by Crippen LogP contribution is -2.33. The van der Waals surface area contributed by atoms with Gasteiger partial charge in [0.05, 0.1) is 12.3 Å². The minimum Gasteiger partial charge on any atom is -0.477 e. The van der Waals surface area contributed by atoms with Crippen molar-refractivity contribution >= 4 is 29.3 Å². The molecule has 0 atom stereocenters. The van der Waals surface area contributed by atoms with Crippen molar-refractivity contribution in [2.24, 2.45) is 5.92 Å². The Balaban J connectivity index is 2.00. The van der Waals surface area contributed by atoms with Crippen LogP contribution in [0.25, 0.3) is 5.65 Å². The van der Waals surface area contributed by atoms with Gasteiger partial charge >= 0.3 is 12.1 Å². The predicted molar refractivity (Wildman–Crippen MR) is 91.2 cm³/mol. The Labute approximate surface area is 144 Å². The molecule has 2 aromatic rings. The van der Waals surface area contributed by atoms with Crippen LogP contribution in [-0.2, 0) is 4.74 Å². The summed E-state index contributed by atoms with van der Waals surface area (Å²) in [6.07, 6.45) is 1.45. The molecule has 0 aromatic carbocycles. The van der Waals surface area contributed by atoms with Crippen LogP contribution in [0.4, 0.5) is 16.4 Å². The number of aromatic carboxylic acids is 1. The molecule has 134 valence electrons. The van der Waals surface area contributed by atoms with E-state index in [-0.39, 0.29) is 18.2 Å². The van der Waals surface area contributed by atoms with Gasteiger partial charge in [-0.1, -0.05) is 6.92 Å². The van der Waals surface area contributed by atoms with Crippen LogP contribution in [0, 0.1) is 5.92 Å². The number of fused-ring (bicyclic) bond motifs is 1. The van der Waals surface area contributed by atoms with Gasteiger partial charge in [-0.2, -0.15) is 4.98 Å². The number of aromatic nitrogens is 3. The highest BCUT2D eigenvalue weighted by Crippen LogP contribution is 2.27. The number of carbonyl (C=O) groups is 2. The summed E-state index contributed by atoms with van der Waals surface area (Å²) in [5.74, 6) is -0.431. The van der Waals surface area contributed by atoms with Crippen molar-refractivity contribution in [2.45, 2.75) is 26.7 Å². The van der Waals surface area contributed by atoms with E-state index >= 15 is 0 Å². The second-order valence-corrected chi connectivity index (χ2v) is 6.09. The zero-order valence-corrected chi connectivity index (χ0v) is 14.2. The third-order valence-corrected chi connectivity index (χ3v) is 4.30. The van der Waals surface area contributed by atoms with Gasteiger partial charge in [0.1, 0.15) is 0 Å². The number of hydrogen-bond donors (Lipinski definition) is 2. The fourth-order valence-electron chi connectivity index (χ4n) is 2.92. The molecule has 0 aliphatic carbocycles. The predicted octanol–water partition coefficient (Wildman–Crippen LogP) is 2.23. The van der Waals surface area contributed by atoms with Gasteiger partial charge in [-0.15, -0.1) is 5.10 Å². The van der Waals surface area contributed by atoms with Gasteiger partial charge in [0.2, 0.25) is 0 Å². The molecule has 1 fully saturated rings. The SMILES string of the molecule is CCOC(=O)Nc1nc2c(N3CCC(C)CC3)ccc(C(=O)O)n2n1. The topological polar surface area (TPSA) is 109 Å². The lowest BCUT2D eigenvalue weighted by Gasteiger charge is -2.32. The van der Waals surface area contributed by atoms with Gasteiger partial charge in [0, 0.05) is 13.1 Å². The van der Waals surface area contributed by atoms with Crippen molar-refractivity contribution in [2.75, 3.05) is 29.9 Å². The number of carbonyl (C=O) groups excluding carboxylic acids is 1. The standard InChI is InChI=1S/C16H21N5O4/c1-3-25-16(24)18-15-17-13-11(20-8-6-10(2)7-9-20)4-5-12(14(22)23)21(13)19-15/h4-5,10H,3,6-9H2,1-2H3,(H,22,23)(H,18,19,24). The van der Waals surface area contributed by atoms with Crippen LogP contribution in [0.3, 0.4) is 0 Å². The fourth-order valence-corrected chi connectivity index (χ4v) is 2.92. The van der Waals surface area contributed by atoms with Crippen LogP contribution in [0.15, 0.2) is 12.1 Å². The van der Waals surface area contributed by atoms with Crippen LogP contribution in [-0.4, -0.2) is 51.5 Å². The number of anilines is 2. The monoisotopic (exact) mass is 347 g/mol. The molecule has 3 rings (SSSR count). The van der Waals surface area contributed by atoms with E-state index in [1.54, 1.807) is 13.0 Å². The summed E-state index contributed by atoms with van der Waals surface area (Å²) in [4.78, 5) is 29.5. The first-order valence-corrected chi connectivity index (χ1v) is 8.31. The molecule has 3 heterocycles. The van der Waals surface area contributed by atoms with Gasteiger partial charge in [-0.3, -0.25) is 5.32 Å². The summed E-state index contributed by atoms with van der Waals surface area (Å²) < 4.78 is 6.06. The van der Waals surface area contributed by atoms with E-state index < -0.39 is 12.1 Å². The summed E-state index contributed by atoms with van der Waals surface area (Å²) in [6, 6.07) is 3.25. The van der Waals surface area contributed by atoms with Gasteiger partial charge in [0.25, 0.3) is 5.95 Å². The minimum absolute atomic E-state index is 0.0128. The van der Waals surface area contributed by atoms with E-state index in [9.17, 15) is 14.7 Å². The summed E-state index contributed by atoms with van der Waals surface area (Å²) >= 11 is 0. The third-order valence-electron chi connectivity index (χ3n) is 4.30. The Bertz CT molecular complexity index is 795. The molecule has 2 aromatic heterocycles. The van der Waals surface area contributed by atoms with E-state index in [4.69, 9.17) is 4.74 Å². The van der Waals surface area contributed by atoms with Crippen molar-refractivity contribution in [1.82, 2.24) is 14.6 Å². The summed E-state index contributed by atoms with van der Waals surface area (Å²) in [7, 11) is 0. The molecule has 0 radical (unpaired) electrons. The Morgan fingerprint density at radius 1 is 1.36 bits per heavy atom. The van der Waals surface area contributed by atoms with Gasteiger partial charge in [-0.05, 0) is 37.8 Å². The second-order valence-electron chi connectivity index (χ2n) is 6.09. The van der Waals surface area contributed by atoms with Gasteiger partial charge in [0.15, 0.2) is 11.3 Å². The van der Waals surface area contributed by atoms with Crippen LogP contribution < -0.4 is 10.2 Å². The quantitative estimate of drug-likeness (QED) is 0.873. The van der Waals surface area contributed by atoms with Gasteiger partial charge in [-0.25, -0.2) is 14.1 Å². The first-order valence-electron chi connectivity index (χ1n) is 8.31. The van der Waals surface area contributed by atoms with Crippen LogP contribution in [0.2, 0.25) is 0 Å². The molecule has 0 saturated carbocycles. The molecule has 2 N–H and O–H groups in total. The van der Waals surface area contributed by atoms with Crippen molar-refractivity contribution in [1.29, 1.82) is 0 Å². The average molecular weight is 347 g/mol. The van der Waals surface area contributed by atoms with Crippen molar-refractivity contribution < 1.29 is 19.4 Å².